The molecule has 7 nitrogen and oxygen atoms in total. The van der Waals surface area contributed by atoms with Crippen LogP contribution in [0.5, 0.6) is 0 Å². The number of hydrogen-bond donors (Lipinski definition) is 1. The third-order valence-electron chi connectivity index (χ3n) is 2.85. The van der Waals surface area contributed by atoms with Gasteiger partial charge in [-0.1, -0.05) is 12.1 Å². The standard InChI is InChI=1S/C13H9BrN2O5/c14-11-8(3-1-5-10(11)16(20)21)7-15-6-2-4-9(12(15)17)13(18)19/h1-6H,7H2,(H,18,19). The molecule has 2 aromatic rings. The molecule has 1 N–H and O–H groups in total. The zero-order chi connectivity index (χ0) is 15.6. The third-order valence-corrected chi connectivity index (χ3v) is 3.76. The topological polar surface area (TPSA) is 102 Å². The van der Waals surface area contributed by atoms with E-state index in [1.165, 1.54) is 35.0 Å². The summed E-state index contributed by atoms with van der Waals surface area (Å²) in [6, 6.07) is 7.12. The van der Waals surface area contributed by atoms with E-state index in [0.717, 1.165) is 0 Å². The van der Waals surface area contributed by atoms with Gasteiger partial charge in [-0.2, -0.15) is 0 Å². The molecule has 0 saturated heterocycles. The molecule has 1 aromatic carbocycles. The van der Waals surface area contributed by atoms with Crippen LogP contribution in [0.3, 0.4) is 0 Å². The first-order chi connectivity index (χ1) is 9.91. The van der Waals surface area contributed by atoms with Gasteiger partial charge in [0.1, 0.15) is 10.0 Å². The number of pyridine rings is 1. The number of nitro benzene ring substituents is 1. The molecule has 108 valence electrons. The maximum atomic E-state index is 12.0. The number of aromatic carboxylic acids is 1. The lowest BCUT2D eigenvalue weighted by Crippen LogP contribution is -2.26. The monoisotopic (exact) mass is 352 g/mol. The van der Waals surface area contributed by atoms with Crippen molar-refractivity contribution in [1.29, 1.82) is 0 Å². The SMILES string of the molecule is O=C(O)c1cccn(Cc2cccc([N+](=O)[O-])c2Br)c1=O. The van der Waals surface area contributed by atoms with E-state index < -0.39 is 16.5 Å². The molecular formula is C13H9BrN2O5. The first-order valence-electron chi connectivity index (χ1n) is 5.76. The minimum Gasteiger partial charge on any atom is -0.477 e. The molecule has 0 bridgehead atoms. The van der Waals surface area contributed by atoms with Crippen molar-refractivity contribution >= 4 is 27.6 Å². The highest BCUT2D eigenvalue weighted by atomic mass is 79.9. The fraction of sp³-hybridized carbons (Fsp3) is 0.0769. The Morgan fingerprint density at radius 2 is 2.05 bits per heavy atom. The smallest absolute Gasteiger partial charge is 0.341 e. The van der Waals surface area contributed by atoms with Gasteiger partial charge in [0.15, 0.2) is 0 Å². The highest BCUT2D eigenvalue weighted by Gasteiger charge is 2.16. The van der Waals surface area contributed by atoms with Gasteiger partial charge in [0.2, 0.25) is 0 Å². The third kappa shape index (κ3) is 3.00. The van der Waals surface area contributed by atoms with Crippen LogP contribution in [0.4, 0.5) is 5.69 Å². The zero-order valence-corrected chi connectivity index (χ0v) is 12.1. The Morgan fingerprint density at radius 3 is 2.67 bits per heavy atom. The molecule has 8 heteroatoms. The van der Waals surface area contributed by atoms with E-state index in [-0.39, 0.29) is 22.3 Å². The number of halogens is 1. The molecule has 0 unspecified atom stereocenters. The number of benzene rings is 1. The molecule has 1 heterocycles. The molecule has 0 atom stereocenters. The van der Waals surface area contributed by atoms with Gasteiger partial charge in [0.25, 0.3) is 11.2 Å². The number of aromatic nitrogens is 1. The van der Waals surface area contributed by atoms with Gasteiger partial charge in [0, 0.05) is 12.3 Å². The molecule has 0 saturated carbocycles. The maximum Gasteiger partial charge on any atom is 0.341 e. The maximum absolute atomic E-state index is 12.0. The number of hydrogen-bond acceptors (Lipinski definition) is 4. The van der Waals surface area contributed by atoms with Gasteiger partial charge < -0.3 is 9.67 Å². The summed E-state index contributed by atoms with van der Waals surface area (Å²) in [6.07, 6.45) is 1.43. The first kappa shape index (κ1) is 14.9. The minimum absolute atomic E-state index is 0.0300. The molecular weight excluding hydrogens is 344 g/mol. The van der Waals surface area contributed by atoms with Gasteiger partial charge in [-0.05, 0) is 33.6 Å². The summed E-state index contributed by atoms with van der Waals surface area (Å²) in [7, 11) is 0. The van der Waals surface area contributed by atoms with E-state index in [2.05, 4.69) is 15.9 Å². The predicted octanol–water partition coefficient (Wildman–Crippen LogP) is 2.27. The van der Waals surface area contributed by atoms with Crippen LogP contribution in [0.1, 0.15) is 15.9 Å². The van der Waals surface area contributed by atoms with E-state index in [1.54, 1.807) is 6.07 Å². The lowest BCUT2D eigenvalue weighted by molar-refractivity contribution is -0.385. The Balaban J connectivity index is 2.47. The van der Waals surface area contributed by atoms with E-state index >= 15 is 0 Å². The van der Waals surface area contributed by atoms with Crippen LogP contribution in [0.15, 0.2) is 45.8 Å². The van der Waals surface area contributed by atoms with E-state index in [4.69, 9.17) is 5.11 Å². The van der Waals surface area contributed by atoms with Crippen molar-refractivity contribution in [3.63, 3.8) is 0 Å². The van der Waals surface area contributed by atoms with Crippen molar-refractivity contribution < 1.29 is 14.8 Å². The van der Waals surface area contributed by atoms with Crippen LogP contribution < -0.4 is 5.56 Å². The Hall–Kier alpha value is -2.48. The number of nitrogens with zero attached hydrogens (tertiary/aromatic N) is 2. The zero-order valence-electron chi connectivity index (χ0n) is 10.5. The Morgan fingerprint density at radius 1 is 1.33 bits per heavy atom. The molecule has 1 aromatic heterocycles. The van der Waals surface area contributed by atoms with Crippen molar-refractivity contribution in [2.45, 2.75) is 6.54 Å². The highest BCUT2D eigenvalue weighted by Crippen LogP contribution is 2.28. The molecule has 0 aliphatic rings. The van der Waals surface area contributed by atoms with E-state index in [9.17, 15) is 19.7 Å². The second-order valence-electron chi connectivity index (χ2n) is 4.17. The predicted molar refractivity (Wildman–Crippen MR) is 77.6 cm³/mol. The largest absolute Gasteiger partial charge is 0.477 e. The fourth-order valence-electron chi connectivity index (χ4n) is 1.84. The summed E-state index contributed by atoms with van der Waals surface area (Å²) in [4.78, 5) is 33.2. The van der Waals surface area contributed by atoms with Gasteiger partial charge >= 0.3 is 5.97 Å². The Labute approximate surface area is 126 Å². The molecule has 21 heavy (non-hydrogen) atoms. The average Bonchev–Trinajstić information content (AvgIpc) is 2.42. The number of carboxylic acids is 1. The second kappa shape index (κ2) is 5.88. The summed E-state index contributed by atoms with van der Waals surface area (Å²) in [5.41, 5.74) is -0.619. The number of rotatable bonds is 4. The van der Waals surface area contributed by atoms with Crippen molar-refractivity contribution in [2.75, 3.05) is 0 Å². The Kier molecular flexibility index (Phi) is 4.18. The highest BCUT2D eigenvalue weighted by molar-refractivity contribution is 9.10. The van der Waals surface area contributed by atoms with E-state index in [0.29, 0.717) is 5.56 Å². The summed E-state index contributed by atoms with van der Waals surface area (Å²) >= 11 is 3.14. The van der Waals surface area contributed by atoms with Gasteiger partial charge in [0.05, 0.1) is 11.5 Å². The number of nitro groups is 1. The number of carboxylic acid groups (broad SMARTS) is 1. The summed E-state index contributed by atoms with van der Waals surface area (Å²) in [5.74, 6) is -1.31. The molecule has 2 rings (SSSR count). The van der Waals surface area contributed by atoms with Crippen molar-refractivity contribution in [2.24, 2.45) is 0 Å². The molecule has 0 radical (unpaired) electrons. The van der Waals surface area contributed by atoms with Gasteiger partial charge in [-0.3, -0.25) is 14.9 Å². The van der Waals surface area contributed by atoms with Crippen molar-refractivity contribution in [3.8, 4) is 0 Å². The summed E-state index contributed by atoms with van der Waals surface area (Å²) < 4.78 is 1.45. The quantitative estimate of drug-likeness (QED) is 0.671. The van der Waals surface area contributed by atoms with Crippen molar-refractivity contribution in [3.05, 3.63) is 72.6 Å². The van der Waals surface area contributed by atoms with Gasteiger partial charge in [-0.25, -0.2) is 4.79 Å². The lowest BCUT2D eigenvalue weighted by Gasteiger charge is -2.08. The molecule has 0 fully saturated rings. The van der Waals surface area contributed by atoms with Crippen LogP contribution >= 0.6 is 15.9 Å². The van der Waals surface area contributed by atoms with Crippen molar-refractivity contribution in [1.82, 2.24) is 4.57 Å². The second-order valence-corrected chi connectivity index (χ2v) is 4.96. The van der Waals surface area contributed by atoms with Crippen LogP contribution in [0.2, 0.25) is 0 Å². The normalized spacial score (nSPS) is 10.3. The molecule has 0 amide bonds. The van der Waals surface area contributed by atoms with Crippen LogP contribution in [0.25, 0.3) is 0 Å². The van der Waals surface area contributed by atoms with Crippen LogP contribution in [-0.4, -0.2) is 20.6 Å². The first-order valence-corrected chi connectivity index (χ1v) is 6.55. The molecule has 0 spiro atoms. The fourth-order valence-corrected chi connectivity index (χ4v) is 2.37. The summed E-state index contributed by atoms with van der Waals surface area (Å²) in [6.45, 7) is 0.0300. The van der Waals surface area contributed by atoms with Crippen LogP contribution in [-0.2, 0) is 6.54 Å². The summed E-state index contributed by atoms with van der Waals surface area (Å²) in [5, 5.41) is 19.8. The minimum atomic E-state index is -1.31. The van der Waals surface area contributed by atoms with Gasteiger partial charge in [-0.15, -0.1) is 0 Å². The molecule has 0 aliphatic heterocycles. The molecule has 0 aliphatic carbocycles. The number of carbonyl (C=O) groups is 1. The van der Waals surface area contributed by atoms with E-state index in [1.807, 2.05) is 0 Å². The average molecular weight is 353 g/mol. The lowest BCUT2D eigenvalue weighted by atomic mass is 10.2. The Bertz CT molecular complexity index is 784. The van der Waals surface area contributed by atoms with Crippen LogP contribution in [0, 0.1) is 10.1 Å².